The van der Waals surface area contributed by atoms with E-state index in [0.717, 1.165) is 0 Å². The van der Waals surface area contributed by atoms with Gasteiger partial charge in [0.2, 0.25) is 0 Å². The van der Waals surface area contributed by atoms with Gasteiger partial charge in [-0.3, -0.25) is 14.1 Å². The SMILES string of the molecule is Cc1cc(C)c(-c2cccc(-c3c(C)cc(C)cc3C)c2N2C(=NC(C)(C)C)P3C(C(C)(C)C)=PP2N3c2c(-c3c(C)cc(C)cc3C)cccc2-c2c(C)cc(C)cc2C)c(C)c1. The number of aliphatic imine (C=N–C) groups is 1. The van der Waals surface area contributed by atoms with E-state index in [0.29, 0.717) is 0 Å². The molecule has 0 radical (unpaired) electrons. The third-order valence-corrected chi connectivity index (χ3v) is 22.5. The summed E-state index contributed by atoms with van der Waals surface area (Å²) in [6.45, 7) is 41.6. The molecule has 8 rings (SSSR count). The molecule has 330 valence electrons. The highest BCUT2D eigenvalue weighted by atomic mass is 32.0. The molecule has 0 amide bonds. The third-order valence-electron chi connectivity index (χ3n) is 12.7. The fraction of sp³-hybridized carbons (Fsp3) is 0.345. The van der Waals surface area contributed by atoms with Crippen LogP contribution in [0.1, 0.15) is 108 Å². The van der Waals surface area contributed by atoms with E-state index >= 15 is 0 Å². The number of amidine groups is 1. The van der Waals surface area contributed by atoms with Gasteiger partial charge < -0.3 is 0 Å². The molecule has 2 aliphatic heterocycles. The fourth-order valence-electron chi connectivity index (χ4n) is 10.8. The van der Waals surface area contributed by atoms with E-state index in [1.807, 2.05) is 0 Å². The van der Waals surface area contributed by atoms with Crippen molar-refractivity contribution in [2.24, 2.45) is 10.4 Å². The van der Waals surface area contributed by atoms with Crippen LogP contribution in [0.3, 0.4) is 0 Å². The highest BCUT2D eigenvalue weighted by molar-refractivity contribution is 8.38. The molecule has 0 N–H and O–H groups in total. The fourth-order valence-corrected chi connectivity index (χ4v) is 23.4. The van der Waals surface area contributed by atoms with E-state index in [1.165, 1.54) is 136 Å². The Balaban J connectivity index is 1.56. The number of fused-ring (bicyclic) bond motifs is 2. The van der Waals surface area contributed by atoms with Gasteiger partial charge in [0.1, 0.15) is 8.07 Å². The van der Waals surface area contributed by atoms with Gasteiger partial charge in [0, 0.05) is 27.3 Å². The van der Waals surface area contributed by atoms with E-state index in [1.54, 1.807) is 5.03 Å². The Bertz CT molecular complexity index is 2710. The monoisotopic (exact) mass is 899 g/mol. The minimum Gasteiger partial charge on any atom is -0.293 e. The summed E-state index contributed by atoms with van der Waals surface area (Å²) in [5.74, 6) is 0. The molecule has 1 saturated heterocycles. The predicted molar refractivity (Wildman–Crippen MR) is 289 cm³/mol. The van der Waals surface area contributed by atoms with Crippen LogP contribution in [0.15, 0.2) is 89.9 Å². The van der Waals surface area contributed by atoms with Gasteiger partial charge >= 0.3 is 0 Å². The zero-order valence-corrected chi connectivity index (χ0v) is 44.4. The van der Waals surface area contributed by atoms with Crippen molar-refractivity contribution in [3.05, 3.63) is 152 Å². The number of hydrogen-bond acceptors (Lipinski definition) is 2. The van der Waals surface area contributed by atoms with Crippen LogP contribution < -0.4 is 9.11 Å². The number of benzene rings is 6. The summed E-state index contributed by atoms with van der Waals surface area (Å²) >= 11 is 0. The van der Waals surface area contributed by atoms with Gasteiger partial charge in [0.15, 0.2) is 13.5 Å². The molecule has 0 aliphatic carbocycles. The molecular formula is C58H68N3P3. The van der Waals surface area contributed by atoms with Crippen LogP contribution in [0.25, 0.3) is 44.5 Å². The average molecular weight is 900 g/mol. The number of nitrogens with zero attached hydrogens (tertiary/aromatic N) is 3. The molecule has 2 unspecified atom stereocenters. The van der Waals surface area contributed by atoms with Crippen LogP contribution in [0.2, 0.25) is 0 Å². The second kappa shape index (κ2) is 16.8. The molecule has 0 aromatic heterocycles. The minimum absolute atomic E-state index is 0.0373. The van der Waals surface area contributed by atoms with Gasteiger partial charge in [-0.1, -0.05) is 128 Å². The van der Waals surface area contributed by atoms with Crippen LogP contribution in [-0.2, 0) is 0 Å². The van der Waals surface area contributed by atoms with E-state index in [-0.39, 0.29) is 11.0 Å². The number of para-hydroxylation sites is 2. The number of hydrogen-bond donors (Lipinski definition) is 0. The summed E-state index contributed by atoms with van der Waals surface area (Å²) in [6.07, 6.45) is 0. The summed E-state index contributed by atoms with van der Waals surface area (Å²) in [4.78, 5) is 5.99. The zero-order valence-electron chi connectivity index (χ0n) is 41.8. The van der Waals surface area contributed by atoms with Crippen LogP contribution in [0.4, 0.5) is 11.4 Å². The maximum atomic E-state index is 5.99. The lowest BCUT2D eigenvalue weighted by atomic mass is 9.87. The first-order chi connectivity index (χ1) is 30.0. The normalized spacial score (nSPS) is 17.2. The molecule has 1 fully saturated rings. The van der Waals surface area contributed by atoms with Gasteiger partial charge in [0.05, 0.1) is 16.9 Å². The molecular weight excluding hydrogens is 832 g/mol. The van der Waals surface area contributed by atoms with Crippen LogP contribution in [-0.4, -0.2) is 16.2 Å². The Hall–Kier alpha value is -4.38. The third kappa shape index (κ3) is 8.14. The predicted octanol–water partition coefficient (Wildman–Crippen LogP) is 18.3. The summed E-state index contributed by atoms with van der Waals surface area (Å²) in [5, 5.41) is 1.60. The van der Waals surface area contributed by atoms with E-state index in [4.69, 9.17) is 4.99 Å². The van der Waals surface area contributed by atoms with Crippen molar-refractivity contribution >= 4 is 45.9 Å². The van der Waals surface area contributed by atoms with Crippen molar-refractivity contribution < 1.29 is 0 Å². The van der Waals surface area contributed by atoms with Gasteiger partial charge in [0.25, 0.3) is 0 Å². The van der Waals surface area contributed by atoms with Crippen molar-refractivity contribution in [3.63, 3.8) is 0 Å². The first kappa shape index (κ1) is 46.2. The van der Waals surface area contributed by atoms with Gasteiger partial charge in [-0.2, -0.15) is 0 Å². The van der Waals surface area contributed by atoms with Crippen LogP contribution in [0, 0.1) is 88.5 Å². The minimum atomic E-state index is -1.08. The standard InChI is InChI=1S/C58H68N3P3/c1-33-25-37(5)49(38(6)26-33)45-21-19-22-46(50-39(7)27-34(2)28-40(50)8)53(45)60-56(59-58(16,17)18)63-55(57(13,14)15)62-64(60)61(63)54-47(51-41(9)29-35(3)30-42(51)10)23-20-24-48(54)52-43(11)31-36(4)32-44(52)12/h19-32H,1-18H3. The molecule has 6 heteroatoms. The van der Waals surface area contributed by atoms with Crippen molar-refractivity contribution in [2.75, 3.05) is 9.11 Å². The van der Waals surface area contributed by atoms with Crippen molar-refractivity contribution in [1.82, 2.24) is 0 Å². The Kier molecular flexibility index (Phi) is 12.1. The lowest BCUT2D eigenvalue weighted by Crippen LogP contribution is -2.29. The lowest BCUT2D eigenvalue weighted by molar-refractivity contribution is 0.584. The largest absolute Gasteiger partial charge is 0.293 e. The summed E-state index contributed by atoms with van der Waals surface area (Å²) in [5.41, 5.74) is 29.8. The molecule has 3 nitrogen and oxygen atoms in total. The Morgan fingerprint density at radius 1 is 0.438 bits per heavy atom. The molecule has 64 heavy (non-hydrogen) atoms. The van der Waals surface area contributed by atoms with E-state index < -0.39 is 16.0 Å². The van der Waals surface area contributed by atoms with Crippen LogP contribution >= 0.6 is 23.9 Å². The quantitative estimate of drug-likeness (QED) is 0.155. The van der Waals surface area contributed by atoms with Gasteiger partial charge in [-0.05, 0) is 184 Å². The number of anilines is 2. The highest BCUT2D eigenvalue weighted by Crippen LogP contribution is 2.85. The Morgan fingerprint density at radius 3 is 1.02 bits per heavy atom. The van der Waals surface area contributed by atoms with Crippen molar-refractivity contribution in [2.45, 2.75) is 130 Å². The molecule has 2 bridgehead atoms. The maximum absolute atomic E-state index is 5.99. The van der Waals surface area contributed by atoms with Crippen molar-refractivity contribution in [3.8, 4) is 44.5 Å². The first-order valence-electron chi connectivity index (χ1n) is 22.9. The molecule has 2 heterocycles. The topological polar surface area (TPSA) is 18.8 Å². The zero-order chi connectivity index (χ0) is 46.5. The molecule has 6 aromatic rings. The first-order valence-corrected chi connectivity index (χ1v) is 27.1. The Morgan fingerprint density at radius 2 is 0.734 bits per heavy atom. The summed E-state index contributed by atoms with van der Waals surface area (Å²) < 4.78 is 5.78. The smallest absolute Gasteiger partial charge is 0.161 e. The summed E-state index contributed by atoms with van der Waals surface area (Å²) in [7, 11) is -0.755. The van der Waals surface area contributed by atoms with Crippen LogP contribution in [0.5, 0.6) is 0 Å². The summed E-state index contributed by atoms with van der Waals surface area (Å²) in [6, 6.07) is 33.2. The second-order valence-electron chi connectivity index (χ2n) is 20.9. The second-order valence-corrected chi connectivity index (χ2v) is 27.1. The number of aryl methyl sites for hydroxylation is 12. The Labute approximate surface area is 389 Å². The molecule has 2 aliphatic rings. The van der Waals surface area contributed by atoms with Crippen molar-refractivity contribution in [1.29, 1.82) is 0 Å². The molecule has 2 atom stereocenters. The lowest BCUT2D eigenvalue weighted by Gasteiger charge is -2.34. The number of rotatable bonds is 6. The van der Waals surface area contributed by atoms with Gasteiger partial charge in [-0.15, -0.1) is 0 Å². The van der Waals surface area contributed by atoms with Gasteiger partial charge in [-0.25, -0.2) is 0 Å². The van der Waals surface area contributed by atoms with E-state index in [2.05, 4.69) is 219 Å². The highest BCUT2D eigenvalue weighted by Gasteiger charge is 2.57. The maximum Gasteiger partial charge on any atom is 0.161 e. The molecule has 6 aromatic carbocycles. The van der Waals surface area contributed by atoms with E-state index in [9.17, 15) is 0 Å². The average Bonchev–Trinajstić information content (AvgIpc) is 3.66. The molecule has 0 saturated carbocycles. The molecule has 0 spiro atoms.